The van der Waals surface area contributed by atoms with E-state index in [0.717, 1.165) is 16.8 Å². The first-order valence-corrected chi connectivity index (χ1v) is 10.3. The fourth-order valence-corrected chi connectivity index (χ4v) is 4.19. The first kappa shape index (κ1) is 20.4. The molecule has 2 amide bonds. The molecule has 3 rings (SSSR count). The van der Waals surface area contributed by atoms with Crippen molar-refractivity contribution < 1.29 is 9.59 Å². The van der Waals surface area contributed by atoms with Crippen LogP contribution >= 0.6 is 23.4 Å². The topological polar surface area (TPSA) is 61.8 Å². The molecule has 1 aliphatic heterocycles. The van der Waals surface area contributed by atoms with Crippen LogP contribution in [0.2, 0.25) is 5.02 Å². The van der Waals surface area contributed by atoms with Crippen LogP contribution < -0.4 is 5.32 Å². The van der Waals surface area contributed by atoms with Crippen LogP contribution in [-0.2, 0) is 9.59 Å². The Balaban J connectivity index is 1.71. The van der Waals surface area contributed by atoms with Crippen LogP contribution in [-0.4, -0.2) is 33.7 Å². The number of benzene rings is 2. The molecule has 28 heavy (non-hydrogen) atoms. The van der Waals surface area contributed by atoms with E-state index < -0.39 is 5.25 Å². The van der Waals surface area contributed by atoms with E-state index in [9.17, 15) is 9.59 Å². The Morgan fingerprint density at radius 1 is 1.21 bits per heavy atom. The van der Waals surface area contributed by atoms with Gasteiger partial charge in [-0.2, -0.15) is 0 Å². The number of aryl methyl sites for hydroxylation is 2. The van der Waals surface area contributed by atoms with Crippen LogP contribution in [0, 0.1) is 13.8 Å². The van der Waals surface area contributed by atoms with Gasteiger partial charge in [-0.1, -0.05) is 47.1 Å². The molecule has 2 aromatic carbocycles. The maximum absolute atomic E-state index is 12.7. The van der Waals surface area contributed by atoms with Gasteiger partial charge in [0.25, 0.3) is 0 Å². The van der Waals surface area contributed by atoms with Gasteiger partial charge in [0.2, 0.25) is 11.8 Å². The molecule has 0 radical (unpaired) electrons. The van der Waals surface area contributed by atoms with Crippen molar-refractivity contribution in [2.75, 3.05) is 11.9 Å². The fraction of sp³-hybridized carbons (Fsp3) is 0.286. The highest BCUT2D eigenvalue weighted by Crippen LogP contribution is 2.32. The second-order valence-corrected chi connectivity index (χ2v) is 8.21. The normalized spacial score (nSPS) is 18.0. The molecule has 1 aliphatic rings. The van der Waals surface area contributed by atoms with E-state index in [0.29, 0.717) is 22.4 Å². The summed E-state index contributed by atoms with van der Waals surface area (Å²) in [4.78, 5) is 31.3. The van der Waals surface area contributed by atoms with E-state index in [1.165, 1.54) is 11.8 Å². The maximum Gasteiger partial charge on any atom is 0.242 e. The Labute approximate surface area is 174 Å². The summed E-state index contributed by atoms with van der Waals surface area (Å²) in [6, 6.07) is 13.1. The van der Waals surface area contributed by atoms with Crippen molar-refractivity contribution in [1.29, 1.82) is 0 Å². The molecule has 1 fully saturated rings. The highest BCUT2D eigenvalue weighted by molar-refractivity contribution is 8.15. The molecule has 0 bridgehead atoms. The van der Waals surface area contributed by atoms with Crippen molar-refractivity contribution >= 4 is 51.7 Å². The second kappa shape index (κ2) is 8.80. The number of amides is 2. The number of carbonyl (C=O) groups excluding carboxylic acids is 2. The van der Waals surface area contributed by atoms with E-state index >= 15 is 0 Å². The molecule has 0 saturated carbocycles. The third-order valence-corrected chi connectivity index (χ3v) is 6.01. The van der Waals surface area contributed by atoms with Crippen molar-refractivity contribution in [3.05, 3.63) is 58.6 Å². The molecule has 5 nitrogen and oxygen atoms in total. The third kappa shape index (κ3) is 4.75. The quantitative estimate of drug-likeness (QED) is 0.752. The number of nitrogens with one attached hydrogen (secondary N) is 1. The number of halogens is 1. The van der Waals surface area contributed by atoms with E-state index in [1.807, 2.05) is 57.2 Å². The highest BCUT2D eigenvalue weighted by atomic mass is 35.5. The predicted octanol–water partition coefficient (Wildman–Crippen LogP) is 4.94. The zero-order valence-electron chi connectivity index (χ0n) is 16.0. The highest BCUT2D eigenvalue weighted by Gasteiger charge is 2.38. The average Bonchev–Trinajstić information content (AvgIpc) is 2.94. The van der Waals surface area contributed by atoms with Gasteiger partial charge >= 0.3 is 0 Å². The Morgan fingerprint density at radius 2 is 1.93 bits per heavy atom. The summed E-state index contributed by atoms with van der Waals surface area (Å²) in [5.74, 6) is -0.283. The summed E-state index contributed by atoms with van der Waals surface area (Å²) >= 11 is 7.49. The van der Waals surface area contributed by atoms with Gasteiger partial charge in [-0.15, -0.1) is 0 Å². The smallest absolute Gasteiger partial charge is 0.242 e. The zero-order valence-corrected chi connectivity index (χ0v) is 17.6. The molecule has 7 heteroatoms. The van der Waals surface area contributed by atoms with Crippen LogP contribution in [0.4, 0.5) is 11.4 Å². The molecule has 1 heterocycles. The first-order chi connectivity index (χ1) is 13.4. The van der Waals surface area contributed by atoms with Gasteiger partial charge in [0.1, 0.15) is 5.25 Å². The van der Waals surface area contributed by atoms with Crippen molar-refractivity contribution in [1.82, 2.24) is 4.90 Å². The number of thioether (sulfide) groups is 1. The molecule has 0 aromatic heterocycles. The first-order valence-electron chi connectivity index (χ1n) is 9.06. The Bertz CT molecular complexity index is 928. The number of rotatable bonds is 5. The molecule has 0 aliphatic carbocycles. The molecule has 1 saturated heterocycles. The lowest BCUT2D eigenvalue weighted by molar-refractivity contribution is -0.128. The van der Waals surface area contributed by atoms with Crippen LogP contribution in [0.15, 0.2) is 47.5 Å². The Morgan fingerprint density at radius 3 is 2.57 bits per heavy atom. The van der Waals surface area contributed by atoms with E-state index in [2.05, 4.69) is 10.3 Å². The van der Waals surface area contributed by atoms with Crippen LogP contribution in [0.1, 0.15) is 24.5 Å². The summed E-state index contributed by atoms with van der Waals surface area (Å²) in [6.45, 7) is 6.31. The lowest BCUT2D eigenvalue weighted by atomic mass is 10.2. The second-order valence-electron chi connectivity index (χ2n) is 6.64. The number of nitrogens with zero attached hydrogens (tertiary/aromatic N) is 2. The Kier molecular flexibility index (Phi) is 6.42. The molecule has 2 aromatic rings. The van der Waals surface area contributed by atoms with Crippen molar-refractivity contribution in [2.45, 2.75) is 32.4 Å². The molecule has 0 spiro atoms. The van der Waals surface area contributed by atoms with Gasteiger partial charge in [-0.3, -0.25) is 14.5 Å². The lowest BCUT2D eigenvalue weighted by Gasteiger charge is -2.13. The number of carbonyl (C=O) groups is 2. The minimum Gasteiger partial charge on any atom is -0.326 e. The van der Waals surface area contributed by atoms with Gasteiger partial charge in [0.05, 0.1) is 5.69 Å². The molecular formula is C21H22ClN3O2S. The average molecular weight is 416 g/mol. The molecule has 1 unspecified atom stereocenters. The summed E-state index contributed by atoms with van der Waals surface area (Å²) in [6.07, 6.45) is 0.0988. The Hall–Kier alpha value is -2.31. The number of anilines is 1. The lowest BCUT2D eigenvalue weighted by Crippen LogP contribution is -2.33. The van der Waals surface area contributed by atoms with Gasteiger partial charge in [0.15, 0.2) is 5.17 Å². The monoisotopic (exact) mass is 415 g/mol. The zero-order chi connectivity index (χ0) is 20.3. The largest absolute Gasteiger partial charge is 0.326 e. The minimum absolute atomic E-state index is 0.0940. The van der Waals surface area contributed by atoms with Crippen molar-refractivity contribution in [3.8, 4) is 0 Å². The number of amidine groups is 1. The third-order valence-electron chi connectivity index (χ3n) is 4.42. The molecular weight excluding hydrogens is 394 g/mol. The molecule has 146 valence electrons. The predicted molar refractivity (Wildman–Crippen MR) is 116 cm³/mol. The van der Waals surface area contributed by atoms with Gasteiger partial charge < -0.3 is 5.32 Å². The maximum atomic E-state index is 12.7. The summed E-state index contributed by atoms with van der Waals surface area (Å²) in [7, 11) is 0. The summed E-state index contributed by atoms with van der Waals surface area (Å²) in [5, 5.41) is 3.60. The minimum atomic E-state index is -0.481. The van der Waals surface area contributed by atoms with E-state index in [4.69, 9.17) is 11.6 Å². The SMILES string of the molecule is CCN1C(=O)C(CC(=O)Nc2ccc(C)cc2)SC1=Nc1ccc(C)c(Cl)c1. The van der Waals surface area contributed by atoms with Gasteiger partial charge in [-0.05, 0) is 50.6 Å². The number of hydrogen-bond donors (Lipinski definition) is 1. The number of hydrogen-bond acceptors (Lipinski definition) is 4. The van der Waals surface area contributed by atoms with Crippen LogP contribution in [0.3, 0.4) is 0 Å². The van der Waals surface area contributed by atoms with E-state index in [-0.39, 0.29) is 18.2 Å². The van der Waals surface area contributed by atoms with Crippen molar-refractivity contribution in [3.63, 3.8) is 0 Å². The van der Waals surface area contributed by atoms with Crippen LogP contribution in [0.5, 0.6) is 0 Å². The summed E-state index contributed by atoms with van der Waals surface area (Å²) < 4.78 is 0. The standard InChI is InChI=1S/C21H22ClN3O2S/c1-4-25-20(27)18(12-19(26)23-15-8-5-13(2)6-9-15)28-21(25)24-16-10-7-14(3)17(22)11-16/h5-11,18H,4,12H2,1-3H3,(H,23,26). The van der Waals surface area contributed by atoms with E-state index in [1.54, 1.807) is 11.0 Å². The molecule has 1 atom stereocenters. The van der Waals surface area contributed by atoms with Gasteiger partial charge in [0, 0.05) is 23.7 Å². The fourth-order valence-electron chi connectivity index (χ4n) is 2.80. The van der Waals surface area contributed by atoms with Crippen molar-refractivity contribution in [2.24, 2.45) is 4.99 Å². The van der Waals surface area contributed by atoms with Crippen LogP contribution in [0.25, 0.3) is 0 Å². The summed E-state index contributed by atoms with van der Waals surface area (Å²) in [5.41, 5.74) is 3.50. The van der Waals surface area contributed by atoms with Gasteiger partial charge in [-0.25, -0.2) is 4.99 Å². The number of aliphatic imine (C=N–C) groups is 1. The molecule has 1 N–H and O–H groups in total.